The van der Waals surface area contributed by atoms with Gasteiger partial charge >= 0.3 is 0 Å². The fraction of sp³-hybridized carbons (Fsp3) is 0.833. The molecule has 1 unspecified atom stereocenters. The molecule has 0 aromatic carbocycles. The third kappa shape index (κ3) is 3.22. The van der Waals surface area contributed by atoms with E-state index in [0.29, 0.717) is 5.92 Å². The number of rotatable bonds is 5. The molecule has 2 fully saturated rings. The van der Waals surface area contributed by atoms with Crippen LogP contribution in [0.2, 0.25) is 0 Å². The molecule has 102 valence electrons. The van der Waals surface area contributed by atoms with E-state index >= 15 is 0 Å². The summed E-state index contributed by atoms with van der Waals surface area (Å²) >= 11 is 0. The van der Waals surface area contributed by atoms with Crippen molar-refractivity contribution < 1.29 is 4.52 Å². The van der Waals surface area contributed by atoms with Crippen LogP contribution in [0.25, 0.3) is 0 Å². The van der Waals surface area contributed by atoms with Crippen LogP contribution in [-0.4, -0.2) is 41.7 Å². The second kappa shape index (κ2) is 5.99. The zero-order chi connectivity index (χ0) is 11.7. The Kier molecular flexibility index (Phi) is 4.59. The molecule has 1 saturated heterocycles. The van der Waals surface area contributed by atoms with E-state index in [-0.39, 0.29) is 12.4 Å². The summed E-state index contributed by atoms with van der Waals surface area (Å²) in [5, 5.41) is 7.29. The van der Waals surface area contributed by atoms with Crippen LogP contribution < -0.4 is 5.32 Å². The van der Waals surface area contributed by atoms with E-state index < -0.39 is 0 Å². The number of aromatic nitrogens is 2. The first kappa shape index (κ1) is 13.8. The van der Waals surface area contributed by atoms with Gasteiger partial charge in [0.05, 0.1) is 6.54 Å². The highest BCUT2D eigenvalue weighted by molar-refractivity contribution is 5.85. The van der Waals surface area contributed by atoms with Gasteiger partial charge in [0.15, 0.2) is 5.82 Å². The fourth-order valence-corrected chi connectivity index (χ4v) is 2.54. The molecule has 1 saturated carbocycles. The molecule has 5 nitrogen and oxygen atoms in total. The van der Waals surface area contributed by atoms with Gasteiger partial charge in [-0.15, -0.1) is 12.4 Å². The molecule has 0 amide bonds. The summed E-state index contributed by atoms with van der Waals surface area (Å²) in [6, 6.07) is 0. The minimum absolute atomic E-state index is 0. The highest BCUT2D eigenvalue weighted by Gasteiger charge is 2.29. The van der Waals surface area contributed by atoms with Gasteiger partial charge in [-0.3, -0.25) is 4.90 Å². The lowest BCUT2D eigenvalue weighted by molar-refractivity contribution is 0.259. The summed E-state index contributed by atoms with van der Waals surface area (Å²) in [6.45, 7) is 4.21. The topological polar surface area (TPSA) is 54.2 Å². The highest BCUT2D eigenvalue weighted by atomic mass is 35.5. The van der Waals surface area contributed by atoms with Crippen molar-refractivity contribution in [3.05, 3.63) is 11.7 Å². The van der Waals surface area contributed by atoms with Crippen LogP contribution in [0.5, 0.6) is 0 Å². The van der Waals surface area contributed by atoms with Crippen LogP contribution in [0.1, 0.15) is 36.9 Å². The maximum atomic E-state index is 5.30. The lowest BCUT2D eigenvalue weighted by atomic mass is 10.1. The van der Waals surface area contributed by atoms with Crippen molar-refractivity contribution in [2.45, 2.75) is 31.7 Å². The van der Waals surface area contributed by atoms with Gasteiger partial charge in [-0.05, 0) is 45.3 Å². The fourth-order valence-electron chi connectivity index (χ4n) is 2.54. The van der Waals surface area contributed by atoms with Crippen molar-refractivity contribution in [3.8, 4) is 0 Å². The molecule has 1 aliphatic heterocycles. The van der Waals surface area contributed by atoms with Gasteiger partial charge in [0.25, 0.3) is 0 Å². The Morgan fingerprint density at radius 1 is 1.39 bits per heavy atom. The Morgan fingerprint density at radius 3 is 2.94 bits per heavy atom. The van der Waals surface area contributed by atoms with Crippen LogP contribution in [0.15, 0.2) is 4.52 Å². The quantitative estimate of drug-likeness (QED) is 0.878. The van der Waals surface area contributed by atoms with Crippen LogP contribution in [-0.2, 0) is 6.54 Å². The zero-order valence-corrected chi connectivity index (χ0v) is 11.6. The summed E-state index contributed by atoms with van der Waals surface area (Å²) in [5.74, 6) is 3.07. The van der Waals surface area contributed by atoms with E-state index in [2.05, 4.69) is 20.4 Å². The number of halogens is 1. The first-order chi connectivity index (χ1) is 8.35. The SMILES string of the molecule is CNCC1CCN(Cc2nc(C3CC3)no2)C1.Cl. The molecule has 2 aliphatic rings. The molecule has 3 rings (SSSR count). The summed E-state index contributed by atoms with van der Waals surface area (Å²) in [6.07, 6.45) is 3.73. The van der Waals surface area contributed by atoms with E-state index in [1.165, 1.54) is 19.3 Å². The molecule has 0 bridgehead atoms. The molecule has 1 aromatic heterocycles. The molecule has 1 aromatic rings. The summed E-state index contributed by atoms with van der Waals surface area (Å²) < 4.78 is 5.30. The normalized spacial score (nSPS) is 24.2. The number of nitrogens with one attached hydrogen (secondary N) is 1. The van der Waals surface area contributed by atoms with Crippen molar-refractivity contribution in [2.75, 3.05) is 26.7 Å². The number of likely N-dealkylation sites (tertiary alicyclic amines) is 1. The second-order valence-corrected chi connectivity index (χ2v) is 5.27. The summed E-state index contributed by atoms with van der Waals surface area (Å²) in [4.78, 5) is 6.88. The van der Waals surface area contributed by atoms with Crippen LogP contribution in [0.4, 0.5) is 0 Å². The molecule has 1 atom stereocenters. The summed E-state index contributed by atoms with van der Waals surface area (Å²) in [7, 11) is 2.02. The molecule has 1 N–H and O–H groups in total. The van der Waals surface area contributed by atoms with Crippen molar-refractivity contribution in [2.24, 2.45) is 5.92 Å². The van der Waals surface area contributed by atoms with Crippen LogP contribution in [0, 0.1) is 5.92 Å². The van der Waals surface area contributed by atoms with Gasteiger partial charge in [-0.2, -0.15) is 4.98 Å². The van der Waals surface area contributed by atoms with Crippen molar-refractivity contribution in [1.82, 2.24) is 20.4 Å². The maximum Gasteiger partial charge on any atom is 0.240 e. The van der Waals surface area contributed by atoms with E-state index in [9.17, 15) is 0 Å². The first-order valence-corrected chi connectivity index (χ1v) is 6.54. The van der Waals surface area contributed by atoms with Crippen molar-refractivity contribution >= 4 is 12.4 Å². The largest absolute Gasteiger partial charge is 0.338 e. The summed E-state index contributed by atoms with van der Waals surface area (Å²) in [5.41, 5.74) is 0. The van der Waals surface area contributed by atoms with E-state index in [1.807, 2.05) is 7.05 Å². The van der Waals surface area contributed by atoms with Crippen molar-refractivity contribution in [3.63, 3.8) is 0 Å². The van der Waals surface area contributed by atoms with E-state index in [0.717, 1.165) is 43.8 Å². The van der Waals surface area contributed by atoms with Crippen LogP contribution >= 0.6 is 12.4 Å². The lowest BCUT2D eigenvalue weighted by Gasteiger charge is -2.12. The Labute approximate surface area is 114 Å². The monoisotopic (exact) mass is 272 g/mol. The molecule has 6 heteroatoms. The van der Waals surface area contributed by atoms with Crippen molar-refractivity contribution in [1.29, 1.82) is 0 Å². The third-order valence-corrected chi connectivity index (χ3v) is 3.65. The lowest BCUT2D eigenvalue weighted by Crippen LogP contribution is -2.24. The minimum atomic E-state index is 0. The number of hydrogen-bond donors (Lipinski definition) is 1. The number of hydrogen-bond acceptors (Lipinski definition) is 5. The van der Waals surface area contributed by atoms with Gasteiger partial charge in [0.2, 0.25) is 5.89 Å². The standard InChI is InChI=1S/C12H20N4O.ClH/c1-13-6-9-4-5-16(7-9)8-11-14-12(15-17-11)10-2-3-10;/h9-10,13H,2-8H2,1H3;1H. The zero-order valence-electron chi connectivity index (χ0n) is 10.8. The molecule has 1 aliphatic carbocycles. The maximum absolute atomic E-state index is 5.30. The van der Waals surface area contributed by atoms with Gasteiger partial charge in [-0.1, -0.05) is 5.16 Å². The molecule has 0 spiro atoms. The van der Waals surface area contributed by atoms with E-state index in [1.54, 1.807) is 0 Å². The van der Waals surface area contributed by atoms with Gasteiger partial charge in [-0.25, -0.2) is 0 Å². The Morgan fingerprint density at radius 2 is 2.22 bits per heavy atom. The minimum Gasteiger partial charge on any atom is -0.338 e. The molecule has 0 radical (unpaired) electrons. The Bertz CT molecular complexity index is 380. The predicted molar refractivity (Wildman–Crippen MR) is 70.8 cm³/mol. The Hall–Kier alpha value is -0.650. The molecule has 18 heavy (non-hydrogen) atoms. The third-order valence-electron chi connectivity index (χ3n) is 3.65. The highest BCUT2D eigenvalue weighted by Crippen LogP contribution is 2.38. The molecule has 2 heterocycles. The number of nitrogens with zero attached hydrogens (tertiary/aromatic N) is 3. The first-order valence-electron chi connectivity index (χ1n) is 6.54. The molecular formula is C12H21ClN4O. The smallest absolute Gasteiger partial charge is 0.240 e. The average Bonchev–Trinajstić information content (AvgIpc) is 2.92. The van der Waals surface area contributed by atoms with E-state index in [4.69, 9.17) is 4.52 Å². The Balaban J connectivity index is 0.00000120. The average molecular weight is 273 g/mol. The predicted octanol–water partition coefficient (Wildman–Crippen LogP) is 1.41. The second-order valence-electron chi connectivity index (χ2n) is 5.27. The van der Waals surface area contributed by atoms with Gasteiger partial charge in [0, 0.05) is 12.5 Å². The molecular weight excluding hydrogens is 252 g/mol. The van der Waals surface area contributed by atoms with Crippen LogP contribution in [0.3, 0.4) is 0 Å². The van der Waals surface area contributed by atoms with Gasteiger partial charge < -0.3 is 9.84 Å². The van der Waals surface area contributed by atoms with Gasteiger partial charge in [0.1, 0.15) is 0 Å².